The summed E-state index contributed by atoms with van der Waals surface area (Å²) < 4.78 is 7.47. The van der Waals surface area contributed by atoms with Crippen molar-refractivity contribution in [3.8, 4) is 22.6 Å². The Hall–Kier alpha value is -3.38. The summed E-state index contributed by atoms with van der Waals surface area (Å²) in [5, 5.41) is 5.71. The van der Waals surface area contributed by atoms with Crippen LogP contribution in [0.5, 0.6) is 5.75 Å². The lowest BCUT2D eigenvalue weighted by molar-refractivity contribution is -0.118. The van der Waals surface area contributed by atoms with Crippen LogP contribution in [0.1, 0.15) is 0 Å². The van der Waals surface area contributed by atoms with Crippen LogP contribution >= 0.6 is 11.3 Å². The van der Waals surface area contributed by atoms with Crippen LogP contribution in [-0.2, 0) is 4.79 Å². The van der Waals surface area contributed by atoms with E-state index in [0.29, 0.717) is 5.75 Å². The molecule has 0 fully saturated rings. The molecular formula is C21H17N3O2S. The molecular weight excluding hydrogens is 358 g/mol. The largest absolute Gasteiger partial charge is 0.484 e. The number of rotatable bonds is 6. The lowest BCUT2D eigenvalue weighted by atomic mass is 10.1. The van der Waals surface area contributed by atoms with Crippen molar-refractivity contribution in [2.45, 2.75) is 0 Å². The van der Waals surface area contributed by atoms with Crippen molar-refractivity contribution in [1.82, 2.24) is 9.55 Å². The van der Waals surface area contributed by atoms with Gasteiger partial charge in [-0.3, -0.25) is 4.79 Å². The number of carbonyl (C=O) groups is 1. The summed E-state index contributed by atoms with van der Waals surface area (Å²) in [7, 11) is 0. The van der Waals surface area contributed by atoms with E-state index in [-0.39, 0.29) is 12.5 Å². The van der Waals surface area contributed by atoms with Gasteiger partial charge in [0.2, 0.25) is 0 Å². The number of nitrogens with one attached hydrogen (secondary N) is 1. The maximum absolute atomic E-state index is 12.1. The van der Waals surface area contributed by atoms with Gasteiger partial charge < -0.3 is 14.6 Å². The second-order valence-corrected chi connectivity index (χ2v) is 6.78. The lowest BCUT2D eigenvalue weighted by Crippen LogP contribution is -2.19. The summed E-state index contributed by atoms with van der Waals surface area (Å²) in [6, 6.07) is 19.5. The van der Waals surface area contributed by atoms with Crippen LogP contribution < -0.4 is 10.1 Å². The number of carbonyl (C=O) groups excluding carboxylic acids is 1. The van der Waals surface area contributed by atoms with Crippen molar-refractivity contribution >= 4 is 22.2 Å². The second-order valence-electron chi connectivity index (χ2n) is 5.87. The molecule has 0 unspecified atom stereocenters. The molecule has 1 amide bonds. The summed E-state index contributed by atoms with van der Waals surface area (Å²) in [5.74, 6) is 0.459. The number of thiophene rings is 1. The Morgan fingerprint density at radius 2 is 1.89 bits per heavy atom. The third-order valence-corrected chi connectivity index (χ3v) is 4.82. The molecule has 0 saturated heterocycles. The van der Waals surface area contributed by atoms with Crippen LogP contribution in [0.2, 0.25) is 0 Å². The molecule has 0 atom stereocenters. The van der Waals surface area contributed by atoms with Crippen LogP contribution in [0.25, 0.3) is 16.8 Å². The minimum absolute atomic E-state index is 0.0387. The Labute approximate surface area is 160 Å². The Balaban J connectivity index is 1.32. The fourth-order valence-corrected chi connectivity index (χ4v) is 3.46. The first kappa shape index (κ1) is 17.1. The standard InChI is InChI=1S/C21H17N3O2S/c25-20(23-21-12-17(14-27-21)16-4-2-1-3-5-16)13-26-19-8-6-18(7-9-19)24-11-10-22-15-24/h1-12,14-15H,13H2,(H,23,25). The zero-order valence-corrected chi connectivity index (χ0v) is 15.2. The molecule has 2 heterocycles. The predicted octanol–water partition coefficient (Wildman–Crippen LogP) is 4.62. The fraction of sp³-hybridized carbons (Fsp3) is 0.0476. The predicted molar refractivity (Wildman–Crippen MR) is 107 cm³/mol. The first-order chi connectivity index (χ1) is 13.3. The smallest absolute Gasteiger partial charge is 0.262 e. The highest BCUT2D eigenvalue weighted by atomic mass is 32.1. The molecule has 5 nitrogen and oxygen atoms in total. The lowest BCUT2D eigenvalue weighted by Gasteiger charge is -2.07. The van der Waals surface area contributed by atoms with Crippen molar-refractivity contribution in [3.05, 3.63) is 84.8 Å². The van der Waals surface area contributed by atoms with Crippen LogP contribution in [0.4, 0.5) is 5.00 Å². The molecule has 0 radical (unpaired) electrons. The van der Waals surface area contributed by atoms with Gasteiger partial charge in [-0.15, -0.1) is 11.3 Å². The van der Waals surface area contributed by atoms with E-state index in [1.165, 1.54) is 11.3 Å². The van der Waals surface area contributed by atoms with Crippen LogP contribution in [0.3, 0.4) is 0 Å². The average Bonchev–Trinajstić information content (AvgIpc) is 3.40. The van der Waals surface area contributed by atoms with Gasteiger partial charge in [-0.05, 0) is 41.5 Å². The number of hydrogen-bond acceptors (Lipinski definition) is 4. The van der Waals surface area contributed by atoms with Gasteiger partial charge in [-0.1, -0.05) is 30.3 Å². The molecule has 0 bridgehead atoms. The third kappa shape index (κ3) is 4.24. The zero-order valence-electron chi connectivity index (χ0n) is 14.4. The Bertz CT molecular complexity index is 1010. The molecule has 1 N–H and O–H groups in total. The number of benzene rings is 2. The van der Waals surface area contributed by atoms with Crippen molar-refractivity contribution in [1.29, 1.82) is 0 Å². The highest BCUT2D eigenvalue weighted by molar-refractivity contribution is 7.14. The number of nitrogens with zero attached hydrogens (tertiary/aromatic N) is 2. The highest BCUT2D eigenvalue weighted by Gasteiger charge is 2.07. The fourth-order valence-electron chi connectivity index (χ4n) is 2.63. The quantitative estimate of drug-likeness (QED) is 0.535. The van der Waals surface area contributed by atoms with Gasteiger partial charge in [0.15, 0.2) is 6.61 Å². The topological polar surface area (TPSA) is 56.2 Å². The summed E-state index contributed by atoms with van der Waals surface area (Å²) in [4.78, 5) is 16.2. The number of anilines is 1. The summed E-state index contributed by atoms with van der Waals surface area (Å²) in [6.45, 7) is -0.0387. The number of ether oxygens (including phenoxy) is 1. The van der Waals surface area contributed by atoms with E-state index >= 15 is 0 Å². The van der Waals surface area contributed by atoms with E-state index in [2.05, 4.69) is 10.3 Å². The van der Waals surface area contributed by atoms with Gasteiger partial charge in [-0.2, -0.15) is 0 Å². The number of imidazole rings is 1. The van der Waals surface area contributed by atoms with Gasteiger partial charge in [0.1, 0.15) is 5.75 Å². The Morgan fingerprint density at radius 3 is 2.63 bits per heavy atom. The van der Waals surface area contributed by atoms with Gasteiger partial charge >= 0.3 is 0 Å². The van der Waals surface area contributed by atoms with Crippen molar-refractivity contribution < 1.29 is 9.53 Å². The molecule has 0 spiro atoms. The van der Waals surface area contributed by atoms with Crippen molar-refractivity contribution in [3.63, 3.8) is 0 Å². The Kier molecular flexibility index (Phi) is 4.98. The zero-order chi connectivity index (χ0) is 18.5. The van der Waals surface area contributed by atoms with Crippen molar-refractivity contribution in [2.75, 3.05) is 11.9 Å². The Morgan fingerprint density at radius 1 is 1.07 bits per heavy atom. The van der Waals surface area contributed by atoms with E-state index in [9.17, 15) is 4.79 Å². The summed E-state index contributed by atoms with van der Waals surface area (Å²) in [5.41, 5.74) is 3.20. The van der Waals surface area contributed by atoms with E-state index in [4.69, 9.17) is 4.74 Å². The van der Waals surface area contributed by atoms with E-state index in [0.717, 1.165) is 21.8 Å². The van der Waals surface area contributed by atoms with E-state index in [1.807, 2.05) is 76.8 Å². The van der Waals surface area contributed by atoms with Gasteiger partial charge in [-0.25, -0.2) is 4.98 Å². The van der Waals surface area contributed by atoms with E-state index in [1.54, 1.807) is 12.5 Å². The molecule has 0 aliphatic heterocycles. The molecule has 0 aliphatic carbocycles. The molecule has 0 saturated carbocycles. The molecule has 2 aromatic carbocycles. The average molecular weight is 375 g/mol. The molecule has 4 aromatic rings. The van der Waals surface area contributed by atoms with Crippen LogP contribution in [0, 0.1) is 0 Å². The summed E-state index contributed by atoms with van der Waals surface area (Å²) in [6.07, 6.45) is 5.32. The maximum atomic E-state index is 12.1. The minimum Gasteiger partial charge on any atom is -0.484 e. The highest BCUT2D eigenvalue weighted by Crippen LogP contribution is 2.28. The third-order valence-electron chi connectivity index (χ3n) is 3.98. The number of aromatic nitrogens is 2. The SMILES string of the molecule is O=C(COc1ccc(-n2ccnc2)cc1)Nc1cc(-c2ccccc2)cs1. The first-order valence-electron chi connectivity index (χ1n) is 8.43. The molecule has 27 heavy (non-hydrogen) atoms. The van der Waals surface area contributed by atoms with Gasteiger partial charge in [0, 0.05) is 23.5 Å². The molecule has 134 valence electrons. The van der Waals surface area contributed by atoms with Crippen molar-refractivity contribution in [2.24, 2.45) is 0 Å². The van der Waals surface area contributed by atoms with E-state index < -0.39 is 0 Å². The maximum Gasteiger partial charge on any atom is 0.262 e. The first-order valence-corrected chi connectivity index (χ1v) is 9.31. The van der Waals surface area contributed by atoms with Gasteiger partial charge in [0.05, 0.1) is 11.3 Å². The molecule has 6 heteroatoms. The molecule has 2 aromatic heterocycles. The van der Waals surface area contributed by atoms with Crippen LogP contribution in [0.15, 0.2) is 84.8 Å². The molecule has 4 rings (SSSR count). The normalized spacial score (nSPS) is 10.5. The van der Waals surface area contributed by atoms with Gasteiger partial charge in [0.25, 0.3) is 5.91 Å². The second kappa shape index (κ2) is 7.88. The monoisotopic (exact) mass is 375 g/mol. The number of amides is 1. The minimum atomic E-state index is -0.185. The molecule has 0 aliphatic rings. The summed E-state index contributed by atoms with van der Waals surface area (Å²) >= 11 is 1.50. The van der Waals surface area contributed by atoms with Crippen LogP contribution in [-0.4, -0.2) is 22.1 Å². The number of hydrogen-bond donors (Lipinski definition) is 1.